The number of amides is 1. The van der Waals surface area contributed by atoms with Crippen molar-refractivity contribution in [1.29, 1.82) is 0 Å². The number of hydrogen-bond acceptors (Lipinski definition) is 5. The fourth-order valence-electron chi connectivity index (χ4n) is 4.07. The minimum Gasteiger partial charge on any atom is -0.508 e. The molecule has 0 saturated heterocycles. The van der Waals surface area contributed by atoms with Crippen LogP contribution in [0.2, 0.25) is 0 Å². The van der Waals surface area contributed by atoms with Gasteiger partial charge in [-0.1, -0.05) is 24.3 Å². The Morgan fingerprint density at radius 2 is 1.94 bits per heavy atom. The first-order valence-corrected chi connectivity index (χ1v) is 11.4. The number of benzene rings is 3. The summed E-state index contributed by atoms with van der Waals surface area (Å²) < 4.78 is 1.67. The van der Waals surface area contributed by atoms with E-state index in [9.17, 15) is 15.0 Å². The predicted molar refractivity (Wildman–Crippen MR) is 140 cm³/mol. The van der Waals surface area contributed by atoms with Crippen LogP contribution in [0.25, 0.3) is 10.9 Å². The molecule has 8 nitrogen and oxygen atoms in total. The van der Waals surface area contributed by atoms with E-state index in [1.807, 2.05) is 55.5 Å². The van der Waals surface area contributed by atoms with Crippen LogP contribution in [0.3, 0.4) is 0 Å². The third-order valence-electron chi connectivity index (χ3n) is 6.04. The molecule has 3 aromatic carbocycles. The Kier molecular flexibility index (Phi) is 6.00. The van der Waals surface area contributed by atoms with E-state index in [2.05, 4.69) is 20.3 Å². The second-order valence-electron chi connectivity index (χ2n) is 8.69. The van der Waals surface area contributed by atoms with Gasteiger partial charge in [-0.2, -0.15) is 0 Å². The number of phenols is 1. The number of anilines is 1. The lowest BCUT2D eigenvalue weighted by molar-refractivity contribution is 0.101. The van der Waals surface area contributed by atoms with Gasteiger partial charge in [0.15, 0.2) is 11.7 Å². The van der Waals surface area contributed by atoms with Gasteiger partial charge in [-0.15, -0.1) is 0 Å². The normalized spacial score (nSPS) is 11.4. The highest BCUT2D eigenvalue weighted by Crippen LogP contribution is 2.29. The lowest BCUT2D eigenvalue weighted by Gasteiger charge is -2.08. The third-order valence-corrected chi connectivity index (χ3v) is 6.04. The molecule has 36 heavy (non-hydrogen) atoms. The zero-order chi connectivity index (χ0) is 25.2. The average molecular weight is 480 g/mol. The summed E-state index contributed by atoms with van der Waals surface area (Å²) in [4.78, 5) is 24.0. The highest BCUT2D eigenvalue weighted by atomic mass is 16.3. The number of H-pyrrole nitrogens is 1. The molecule has 0 aliphatic carbocycles. The first kappa shape index (κ1) is 22.9. The van der Waals surface area contributed by atoms with Gasteiger partial charge in [0.2, 0.25) is 0 Å². The summed E-state index contributed by atoms with van der Waals surface area (Å²) in [5.41, 5.74) is 5.48. The van der Waals surface area contributed by atoms with E-state index >= 15 is 0 Å². The number of rotatable bonds is 6. The van der Waals surface area contributed by atoms with Crippen LogP contribution in [0.1, 0.15) is 32.9 Å². The van der Waals surface area contributed by atoms with Crippen molar-refractivity contribution in [1.82, 2.24) is 14.5 Å². The van der Waals surface area contributed by atoms with Gasteiger partial charge in [0.1, 0.15) is 5.75 Å². The Bertz CT molecular complexity index is 1610. The minimum atomic E-state index is -0.269. The highest BCUT2D eigenvalue weighted by molar-refractivity contribution is 6.03. The fourth-order valence-corrected chi connectivity index (χ4v) is 4.07. The summed E-state index contributed by atoms with van der Waals surface area (Å²) in [7, 11) is 1.77. The second kappa shape index (κ2) is 9.42. The zero-order valence-corrected chi connectivity index (χ0v) is 19.9. The van der Waals surface area contributed by atoms with Crippen molar-refractivity contribution in [2.45, 2.75) is 13.3 Å². The molecule has 0 atom stereocenters. The highest BCUT2D eigenvalue weighted by Gasteiger charge is 2.13. The Morgan fingerprint density at radius 1 is 1.11 bits per heavy atom. The number of carbonyl (C=O) groups excluding carboxylic acids is 1. The minimum absolute atomic E-state index is 0.0289. The van der Waals surface area contributed by atoms with Gasteiger partial charge in [-0.05, 0) is 60.4 Å². The van der Waals surface area contributed by atoms with Crippen LogP contribution < -0.4 is 5.32 Å². The maximum atomic E-state index is 12.5. The van der Waals surface area contributed by atoms with E-state index in [1.54, 1.807) is 42.4 Å². The van der Waals surface area contributed by atoms with Crippen LogP contribution in [0.15, 0.2) is 78.0 Å². The molecular weight excluding hydrogens is 454 g/mol. The topological polar surface area (TPSA) is 116 Å². The van der Waals surface area contributed by atoms with Crippen LogP contribution in [0, 0.1) is 6.92 Å². The van der Waals surface area contributed by atoms with E-state index in [0.29, 0.717) is 29.2 Å². The molecule has 5 rings (SSSR count). The molecule has 0 unspecified atom stereocenters. The predicted octanol–water partition coefficient (Wildman–Crippen LogP) is 5.21. The van der Waals surface area contributed by atoms with Gasteiger partial charge in [-0.25, -0.2) is 4.98 Å². The molecule has 0 spiro atoms. The lowest BCUT2D eigenvalue weighted by atomic mass is 10.0. The van der Waals surface area contributed by atoms with Crippen LogP contribution in [-0.2, 0) is 13.5 Å². The molecular formula is C28H25N5O3. The number of aliphatic imine (C=N–C) groups is 1. The van der Waals surface area contributed by atoms with Crippen molar-refractivity contribution >= 4 is 34.4 Å². The number of aromatic amines is 1. The smallest absolute Gasteiger partial charge is 0.291 e. The number of imidazole rings is 1. The van der Waals surface area contributed by atoms with Crippen molar-refractivity contribution < 1.29 is 15.0 Å². The summed E-state index contributed by atoms with van der Waals surface area (Å²) in [5.74, 6) is 0.275. The molecule has 2 aromatic heterocycles. The molecule has 5 aromatic rings. The molecule has 0 saturated carbocycles. The van der Waals surface area contributed by atoms with E-state index < -0.39 is 0 Å². The fraction of sp³-hybridized carbons (Fsp3) is 0.107. The van der Waals surface area contributed by atoms with Crippen LogP contribution in [0.5, 0.6) is 11.6 Å². The Morgan fingerprint density at radius 3 is 2.72 bits per heavy atom. The van der Waals surface area contributed by atoms with Crippen molar-refractivity contribution in [3.05, 3.63) is 101 Å². The summed E-state index contributed by atoms with van der Waals surface area (Å²) in [6.45, 7) is 1.82. The van der Waals surface area contributed by atoms with Gasteiger partial charge in [0.25, 0.3) is 5.91 Å². The Balaban J connectivity index is 1.38. The van der Waals surface area contributed by atoms with Gasteiger partial charge in [0, 0.05) is 48.3 Å². The number of phenolic OH excluding ortho intramolecular Hbond substituents is 1. The number of fused-ring (bicyclic) bond motifs is 1. The molecule has 1 amide bonds. The molecule has 8 heteroatoms. The number of carbonyl (C=O) groups is 1. The van der Waals surface area contributed by atoms with E-state index in [4.69, 9.17) is 0 Å². The summed E-state index contributed by atoms with van der Waals surface area (Å²) in [6, 6.07) is 18.8. The largest absolute Gasteiger partial charge is 0.508 e. The number of aromatic nitrogens is 3. The second-order valence-corrected chi connectivity index (χ2v) is 8.69. The monoisotopic (exact) mass is 479 g/mol. The van der Waals surface area contributed by atoms with Crippen LogP contribution in [0.4, 0.5) is 11.4 Å². The molecule has 180 valence electrons. The summed E-state index contributed by atoms with van der Waals surface area (Å²) >= 11 is 0. The van der Waals surface area contributed by atoms with E-state index in [0.717, 1.165) is 27.6 Å². The van der Waals surface area contributed by atoms with Gasteiger partial charge < -0.3 is 25.1 Å². The summed E-state index contributed by atoms with van der Waals surface area (Å²) in [6.07, 6.45) is 5.54. The quantitative estimate of drug-likeness (QED) is 0.250. The molecule has 0 bridgehead atoms. The molecule has 0 radical (unpaired) electrons. The number of nitrogens with one attached hydrogen (secondary N) is 2. The molecule has 0 aliphatic heterocycles. The number of aryl methyl sites for hydroxylation is 2. The van der Waals surface area contributed by atoms with Crippen molar-refractivity contribution in [2.75, 3.05) is 5.32 Å². The van der Waals surface area contributed by atoms with Crippen molar-refractivity contribution in [3.63, 3.8) is 0 Å². The maximum Gasteiger partial charge on any atom is 0.291 e. The van der Waals surface area contributed by atoms with Gasteiger partial charge >= 0.3 is 0 Å². The van der Waals surface area contributed by atoms with E-state index in [1.165, 1.54) is 0 Å². The van der Waals surface area contributed by atoms with Crippen molar-refractivity contribution in [3.8, 4) is 11.6 Å². The Hall–Kier alpha value is -4.85. The van der Waals surface area contributed by atoms with Gasteiger partial charge in [0.05, 0.1) is 11.3 Å². The number of nitrogens with zero attached hydrogens (tertiary/aromatic N) is 3. The van der Waals surface area contributed by atoms with Crippen LogP contribution in [-0.4, -0.2) is 36.9 Å². The average Bonchev–Trinajstić information content (AvgIpc) is 3.42. The molecule has 4 N–H and O–H groups in total. The third kappa shape index (κ3) is 4.69. The SMILES string of the molecule is Cc1ccc(N=Cc2c(O)[nH]c3ccc(Cc4cccc(NC(=O)c5nccn5C)c4)cc23)cc1O. The maximum absolute atomic E-state index is 12.5. The zero-order valence-electron chi connectivity index (χ0n) is 19.9. The first-order chi connectivity index (χ1) is 17.4. The summed E-state index contributed by atoms with van der Waals surface area (Å²) in [5, 5.41) is 24.1. The first-order valence-electron chi connectivity index (χ1n) is 11.4. The van der Waals surface area contributed by atoms with Crippen molar-refractivity contribution in [2.24, 2.45) is 12.0 Å². The number of aromatic hydroxyl groups is 2. The standard InChI is InChI=1S/C28H25N5O3/c1-17-6-8-20(15-25(17)34)30-16-23-22-14-19(7-9-24(22)32-27(23)35)12-18-4-3-5-21(13-18)31-28(36)26-29-10-11-33(26)2/h3-11,13-16,32,34-35H,12H2,1-2H3,(H,31,36). The molecule has 0 aliphatic rings. The number of hydrogen-bond donors (Lipinski definition) is 4. The van der Waals surface area contributed by atoms with Gasteiger partial charge in [-0.3, -0.25) is 9.79 Å². The lowest BCUT2D eigenvalue weighted by Crippen LogP contribution is -2.16. The molecule has 0 fully saturated rings. The van der Waals surface area contributed by atoms with Crippen LogP contribution >= 0.6 is 0 Å². The van der Waals surface area contributed by atoms with E-state index in [-0.39, 0.29) is 17.5 Å². The molecule has 2 heterocycles. The Labute approximate surface area is 207 Å².